The van der Waals surface area contributed by atoms with Gasteiger partial charge >= 0.3 is 5.69 Å². The molecule has 4 atom stereocenters. The molecule has 1 fully saturated rings. The van der Waals surface area contributed by atoms with E-state index in [-0.39, 0.29) is 6.42 Å². The van der Waals surface area contributed by atoms with Gasteiger partial charge in [-0.15, -0.1) is 0 Å². The highest BCUT2D eigenvalue weighted by Crippen LogP contribution is 2.51. The van der Waals surface area contributed by atoms with Gasteiger partial charge in [0, 0.05) is 30.3 Å². The first-order valence-corrected chi connectivity index (χ1v) is 14.5. The van der Waals surface area contributed by atoms with Gasteiger partial charge in [-0.05, 0) is 29.7 Å². The monoisotopic (exact) mass is 585 g/mol. The molecule has 3 N–H and O–H groups in total. The Hall–Kier alpha value is -4.18. The van der Waals surface area contributed by atoms with Crippen LogP contribution in [0.3, 0.4) is 0 Å². The van der Waals surface area contributed by atoms with E-state index in [9.17, 15) is 15.0 Å². The minimum atomic E-state index is -1.35. The Morgan fingerprint density at radius 1 is 0.953 bits per heavy atom. The van der Waals surface area contributed by atoms with Crippen LogP contribution in [0.1, 0.15) is 43.2 Å². The number of benzene rings is 3. The lowest BCUT2D eigenvalue weighted by molar-refractivity contribution is -0.0979. The zero-order valence-corrected chi connectivity index (χ0v) is 24.9. The van der Waals surface area contributed by atoms with E-state index >= 15 is 0 Å². The molecule has 1 aliphatic rings. The fourth-order valence-electron chi connectivity index (χ4n) is 6.01. The van der Waals surface area contributed by atoms with Crippen LogP contribution in [0, 0.1) is 5.92 Å². The largest absolute Gasteiger partial charge is 0.496 e. The standard InChI is InChI=1S/C34H39N3O6/c1-22(2)21-35-29-18-19-37(33(40)36-29)30-20-26(38)31(43-30)32(39)34(23-12-6-5-7-13-23,24-14-8-10-16-27(24)41-3)25-15-9-11-17-28(25)42-4/h5-19,22,26,30-32,38-39H,20-21H2,1-4H3,(H,35,36,40)/t26-,30+,31-,32?/m0/s1. The van der Waals surface area contributed by atoms with Gasteiger partial charge in [-0.3, -0.25) is 4.57 Å². The molecule has 9 nitrogen and oxygen atoms in total. The normalized spacial score (nSPS) is 19.3. The summed E-state index contributed by atoms with van der Waals surface area (Å²) in [4.78, 5) is 17.2. The van der Waals surface area contributed by atoms with Crippen molar-refractivity contribution in [3.8, 4) is 11.5 Å². The molecule has 0 spiro atoms. The number of rotatable bonds is 11. The lowest BCUT2D eigenvalue weighted by atomic mass is 9.63. The zero-order chi connectivity index (χ0) is 30.6. The van der Waals surface area contributed by atoms with Crippen molar-refractivity contribution in [3.63, 3.8) is 0 Å². The van der Waals surface area contributed by atoms with Crippen molar-refractivity contribution in [3.05, 3.63) is 118 Å². The van der Waals surface area contributed by atoms with Gasteiger partial charge in [-0.2, -0.15) is 4.98 Å². The second-order valence-corrected chi connectivity index (χ2v) is 11.2. The number of hydrogen-bond acceptors (Lipinski definition) is 8. The molecule has 0 bridgehead atoms. The molecule has 3 aromatic carbocycles. The van der Waals surface area contributed by atoms with Gasteiger partial charge in [-0.25, -0.2) is 4.79 Å². The van der Waals surface area contributed by atoms with Crippen LogP contribution in [0.15, 0.2) is 95.9 Å². The van der Waals surface area contributed by atoms with E-state index in [4.69, 9.17) is 14.2 Å². The molecule has 0 amide bonds. The summed E-state index contributed by atoms with van der Waals surface area (Å²) in [6.07, 6.45) is -2.68. The van der Waals surface area contributed by atoms with Crippen molar-refractivity contribution in [2.45, 2.75) is 50.2 Å². The summed E-state index contributed by atoms with van der Waals surface area (Å²) >= 11 is 0. The van der Waals surface area contributed by atoms with Gasteiger partial charge in [0.05, 0.1) is 25.7 Å². The summed E-state index contributed by atoms with van der Waals surface area (Å²) < 4.78 is 19.4. The van der Waals surface area contributed by atoms with Gasteiger partial charge in [0.1, 0.15) is 35.8 Å². The number of nitrogens with one attached hydrogen (secondary N) is 1. The van der Waals surface area contributed by atoms with E-state index in [2.05, 4.69) is 24.1 Å². The van der Waals surface area contributed by atoms with Crippen molar-refractivity contribution in [2.75, 3.05) is 26.1 Å². The van der Waals surface area contributed by atoms with Gasteiger partial charge in [-0.1, -0.05) is 80.6 Å². The molecule has 1 saturated heterocycles. The predicted octanol–water partition coefficient (Wildman–Crippen LogP) is 4.37. The Balaban J connectivity index is 1.64. The molecule has 43 heavy (non-hydrogen) atoms. The maximum Gasteiger partial charge on any atom is 0.351 e. The highest BCUT2D eigenvalue weighted by molar-refractivity contribution is 5.60. The van der Waals surface area contributed by atoms with Crippen LogP contribution in [-0.4, -0.2) is 58.8 Å². The molecule has 226 valence electrons. The molecule has 2 heterocycles. The topological polar surface area (TPSA) is 115 Å². The third-order valence-electron chi connectivity index (χ3n) is 8.02. The third kappa shape index (κ3) is 5.76. The summed E-state index contributed by atoms with van der Waals surface area (Å²) in [5, 5.41) is 27.2. The van der Waals surface area contributed by atoms with Crippen molar-refractivity contribution in [1.29, 1.82) is 0 Å². The molecule has 0 aliphatic carbocycles. The number of para-hydroxylation sites is 2. The van der Waals surface area contributed by atoms with Crippen molar-refractivity contribution >= 4 is 5.82 Å². The number of methoxy groups -OCH3 is 2. The fourth-order valence-corrected chi connectivity index (χ4v) is 6.01. The number of aliphatic hydroxyl groups excluding tert-OH is 2. The molecule has 9 heteroatoms. The van der Waals surface area contributed by atoms with Gasteiger partial charge < -0.3 is 29.7 Å². The third-order valence-corrected chi connectivity index (χ3v) is 8.02. The maximum atomic E-state index is 13.0. The second kappa shape index (κ2) is 13.0. The van der Waals surface area contributed by atoms with E-state index < -0.39 is 35.6 Å². The summed E-state index contributed by atoms with van der Waals surface area (Å²) in [5.74, 6) is 1.95. The van der Waals surface area contributed by atoms with E-state index in [0.717, 1.165) is 5.56 Å². The molecule has 0 saturated carbocycles. The van der Waals surface area contributed by atoms with E-state index in [1.165, 1.54) is 4.57 Å². The smallest absolute Gasteiger partial charge is 0.351 e. The Kier molecular flexibility index (Phi) is 9.15. The van der Waals surface area contributed by atoms with Crippen molar-refractivity contribution in [2.24, 2.45) is 5.92 Å². The lowest BCUT2D eigenvalue weighted by Crippen LogP contribution is -2.51. The van der Waals surface area contributed by atoms with Gasteiger partial charge in [0.25, 0.3) is 0 Å². The molecule has 1 unspecified atom stereocenters. The average Bonchev–Trinajstić information content (AvgIpc) is 3.42. The molecule has 4 aromatic rings. The fraction of sp³-hybridized carbons (Fsp3) is 0.353. The quantitative estimate of drug-likeness (QED) is 0.222. The lowest BCUT2D eigenvalue weighted by Gasteiger charge is -2.43. The summed E-state index contributed by atoms with van der Waals surface area (Å²) in [5.41, 5.74) is 0.258. The first-order valence-electron chi connectivity index (χ1n) is 14.5. The molecule has 0 radical (unpaired) electrons. The molecular formula is C34H39N3O6. The molecule has 1 aliphatic heterocycles. The van der Waals surface area contributed by atoms with Crippen LogP contribution < -0.4 is 20.5 Å². The number of ether oxygens (including phenoxy) is 3. The molecule has 5 rings (SSSR count). The van der Waals surface area contributed by atoms with Crippen molar-refractivity contribution < 1.29 is 24.4 Å². The van der Waals surface area contributed by atoms with Crippen LogP contribution in [0.4, 0.5) is 5.82 Å². The zero-order valence-electron chi connectivity index (χ0n) is 24.9. The van der Waals surface area contributed by atoms with E-state index in [1.54, 1.807) is 26.5 Å². The van der Waals surface area contributed by atoms with Crippen molar-refractivity contribution in [1.82, 2.24) is 9.55 Å². The first-order chi connectivity index (χ1) is 20.8. The van der Waals surface area contributed by atoms with Crippen LogP contribution in [0.25, 0.3) is 0 Å². The summed E-state index contributed by atoms with van der Waals surface area (Å²) in [7, 11) is 3.17. The predicted molar refractivity (Wildman–Crippen MR) is 165 cm³/mol. The highest BCUT2D eigenvalue weighted by Gasteiger charge is 2.54. The van der Waals surface area contributed by atoms with Gasteiger partial charge in [0.2, 0.25) is 0 Å². The second-order valence-electron chi connectivity index (χ2n) is 11.2. The average molecular weight is 586 g/mol. The Bertz CT molecular complexity index is 1530. The Morgan fingerprint density at radius 2 is 1.53 bits per heavy atom. The van der Waals surface area contributed by atoms with Crippen LogP contribution >= 0.6 is 0 Å². The van der Waals surface area contributed by atoms with Crippen LogP contribution in [-0.2, 0) is 10.2 Å². The Morgan fingerprint density at radius 3 is 2.09 bits per heavy atom. The van der Waals surface area contributed by atoms with E-state index in [1.807, 2.05) is 78.9 Å². The van der Waals surface area contributed by atoms with Crippen LogP contribution in [0.5, 0.6) is 11.5 Å². The van der Waals surface area contributed by atoms with Crippen LogP contribution in [0.2, 0.25) is 0 Å². The minimum absolute atomic E-state index is 0.0881. The number of aromatic nitrogens is 2. The number of anilines is 1. The number of aliphatic hydroxyl groups is 2. The SMILES string of the molecule is COc1ccccc1C(c1ccccc1)(c1ccccc1OC)C(O)[C@H]1O[C@@H](n2ccc(NCC(C)C)nc2=O)C[C@@H]1O. The first kappa shape index (κ1) is 30.3. The van der Waals surface area contributed by atoms with Gasteiger partial charge in [0.15, 0.2) is 0 Å². The number of nitrogens with zero attached hydrogens (tertiary/aromatic N) is 2. The molecular weight excluding hydrogens is 546 g/mol. The minimum Gasteiger partial charge on any atom is -0.496 e. The highest BCUT2D eigenvalue weighted by atomic mass is 16.5. The molecule has 1 aromatic heterocycles. The maximum absolute atomic E-state index is 13.0. The summed E-state index contributed by atoms with van der Waals surface area (Å²) in [6, 6.07) is 26.2. The number of hydrogen-bond donors (Lipinski definition) is 3. The summed E-state index contributed by atoms with van der Waals surface area (Å²) in [6.45, 7) is 4.81. The van der Waals surface area contributed by atoms with E-state index in [0.29, 0.717) is 40.9 Å². The Labute approximate surface area is 251 Å².